The molecule has 89 valence electrons. The normalized spacial score (nSPS) is 11.0. The van der Waals surface area contributed by atoms with Gasteiger partial charge in [0.15, 0.2) is 0 Å². The van der Waals surface area contributed by atoms with Crippen molar-refractivity contribution < 1.29 is 0 Å². The van der Waals surface area contributed by atoms with Gasteiger partial charge < -0.3 is 4.57 Å². The van der Waals surface area contributed by atoms with Gasteiger partial charge in [0.1, 0.15) is 0 Å². The summed E-state index contributed by atoms with van der Waals surface area (Å²) in [6.45, 7) is 0.780. The SMILES string of the molecule is Clc1ccc(Cn2[c]cc3cc(Cl)ccc32)cc1. The summed E-state index contributed by atoms with van der Waals surface area (Å²) in [5.41, 5.74) is 2.33. The first-order valence-electron chi connectivity index (χ1n) is 5.63. The smallest absolute Gasteiger partial charge is 0.0662 e. The summed E-state index contributed by atoms with van der Waals surface area (Å²) in [5.74, 6) is 0. The Morgan fingerprint density at radius 3 is 2.44 bits per heavy atom. The summed E-state index contributed by atoms with van der Waals surface area (Å²) < 4.78 is 2.08. The van der Waals surface area contributed by atoms with Gasteiger partial charge in [0.25, 0.3) is 0 Å². The molecular weight excluding hydrogens is 265 g/mol. The monoisotopic (exact) mass is 274 g/mol. The van der Waals surface area contributed by atoms with Crippen LogP contribution < -0.4 is 0 Å². The van der Waals surface area contributed by atoms with Crippen molar-refractivity contribution in [2.45, 2.75) is 6.54 Å². The molecule has 2 aromatic carbocycles. The molecule has 3 aromatic rings. The zero-order valence-electron chi connectivity index (χ0n) is 9.53. The molecule has 0 aliphatic carbocycles. The Morgan fingerprint density at radius 1 is 0.944 bits per heavy atom. The van der Waals surface area contributed by atoms with Crippen molar-refractivity contribution in [1.82, 2.24) is 4.57 Å². The number of nitrogens with zero attached hydrogens (tertiary/aromatic N) is 1. The quantitative estimate of drug-likeness (QED) is 0.633. The summed E-state index contributed by atoms with van der Waals surface area (Å²) in [4.78, 5) is 0. The molecule has 0 aliphatic heterocycles. The third-order valence-corrected chi connectivity index (χ3v) is 3.40. The average Bonchev–Trinajstić information content (AvgIpc) is 2.74. The minimum absolute atomic E-state index is 0.750. The Bertz CT molecular complexity index is 683. The highest BCUT2D eigenvalue weighted by Crippen LogP contribution is 2.21. The van der Waals surface area contributed by atoms with Gasteiger partial charge in [-0.1, -0.05) is 35.3 Å². The number of rotatable bonds is 2. The zero-order valence-corrected chi connectivity index (χ0v) is 11.0. The first-order valence-corrected chi connectivity index (χ1v) is 6.39. The van der Waals surface area contributed by atoms with E-state index in [1.54, 1.807) is 0 Å². The lowest BCUT2D eigenvalue weighted by molar-refractivity contribution is 0.830. The van der Waals surface area contributed by atoms with Crippen LogP contribution >= 0.6 is 23.2 Å². The number of fused-ring (bicyclic) bond motifs is 1. The van der Waals surface area contributed by atoms with Crippen molar-refractivity contribution in [2.75, 3.05) is 0 Å². The van der Waals surface area contributed by atoms with Gasteiger partial charge in [0.05, 0.1) is 6.20 Å². The van der Waals surface area contributed by atoms with Gasteiger partial charge in [-0.2, -0.15) is 0 Å². The van der Waals surface area contributed by atoms with Crippen LogP contribution in [-0.2, 0) is 6.54 Å². The predicted octanol–water partition coefficient (Wildman–Crippen LogP) is 4.80. The lowest BCUT2D eigenvalue weighted by atomic mass is 10.2. The Labute approximate surface area is 116 Å². The van der Waals surface area contributed by atoms with Crippen LogP contribution in [0.25, 0.3) is 10.9 Å². The summed E-state index contributed by atoms with van der Waals surface area (Å²) in [6.07, 6.45) is 3.23. The lowest BCUT2D eigenvalue weighted by Crippen LogP contribution is -1.97. The van der Waals surface area contributed by atoms with E-state index in [0.29, 0.717) is 0 Å². The van der Waals surface area contributed by atoms with Gasteiger partial charge in [0.2, 0.25) is 0 Å². The number of benzene rings is 2. The summed E-state index contributed by atoms with van der Waals surface area (Å²) >= 11 is 11.8. The predicted molar refractivity (Wildman–Crippen MR) is 76.3 cm³/mol. The molecule has 1 radical (unpaired) electrons. The second-order valence-electron chi connectivity index (χ2n) is 4.19. The van der Waals surface area contributed by atoms with Crippen molar-refractivity contribution in [2.24, 2.45) is 0 Å². The summed E-state index contributed by atoms with van der Waals surface area (Å²) in [6, 6.07) is 15.7. The van der Waals surface area contributed by atoms with Crippen molar-refractivity contribution in [3.63, 3.8) is 0 Å². The topological polar surface area (TPSA) is 4.93 Å². The third-order valence-electron chi connectivity index (χ3n) is 2.91. The molecule has 0 amide bonds. The molecular formula is C15H10Cl2N. The second kappa shape index (κ2) is 4.68. The number of aromatic nitrogens is 1. The number of hydrogen-bond acceptors (Lipinski definition) is 0. The minimum Gasteiger partial charge on any atom is -0.335 e. The van der Waals surface area contributed by atoms with E-state index in [-0.39, 0.29) is 0 Å². The van der Waals surface area contributed by atoms with Crippen LogP contribution in [0.5, 0.6) is 0 Å². The van der Waals surface area contributed by atoms with Crippen LogP contribution in [-0.4, -0.2) is 4.57 Å². The van der Waals surface area contributed by atoms with Gasteiger partial charge >= 0.3 is 0 Å². The van der Waals surface area contributed by atoms with Crippen LogP contribution in [0.4, 0.5) is 0 Å². The molecule has 0 fully saturated rings. The molecule has 1 nitrogen and oxygen atoms in total. The largest absolute Gasteiger partial charge is 0.335 e. The zero-order chi connectivity index (χ0) is 12.5. The van der Waals surface area contributed by atoms with E-state index in [4.69, 9.17) is 23.2 Å². The molecule has 0 bridgehead atoms. The Morgan fingerprint density at radius 2 is 1.67 bits per heavy atom. The first kappa shape index (κ1) is 11.6. The van der Waals surface area contributed by atoms with E-state index in [0.717, 1.165) is 27.5 Å². The highest BCUT2D eigenvalue weighted by Gasteiger charge is 2.03. The third kappa shape index (κ3) is 2.24. The van der Waals surface area contributed by atoms with Crippen molar-refractivity contribution in [3.05, 3.63) is 70.3 Å². The van der Waals surface area contributed by atoms with Gasteiger partial charge in [-0.15, -0.1) is 0 Å². The molecule has 0 spiro atoms. The Kier molecular flexibility index (Phi) is 3.02. The van der Waals surface area contributed by atoms with E-state index in [1.807, 2.05) is 48.5 Å². The van der Waals surface area contributed by atoms with Crippen LogP contribution in [0.2, 0.25) is 10.0 Å². The fraction of sp³-hybridized carbons (Fsp3) is 0.0667. The van der Waals surface area contributed by atoms with E-state index < -0.39 is 0 Å². The second-order valence-corrected chi connectivity index (χ2v) is 5.06. The molecule has 0 N–H and O–H groups in total. The van der Waals surface area contributed by atoms with Crippen LogP contribution in [0.1, 0.15) is 5.56 Å². The van der Waals surface area contributed by atoms with Crippen molar-refractivity contribution >= 4 is 34.1 Å². The molecule has 0 atom stereocenters. The first-order chi connectivity index (χ1) is 8.72. The fourth-order valence-corrected chi connectivity index (χ4v) is 2.31. The van der Waals surface area contributed by atoms with Crippen molar-refractivity contribution in [1.29, 1.82) is 0 Å². The molecule has 1 heterocycles. The van der Waals surface area contributed by atoms with Gasteiger partial charge in [-0.05, 0) is 42.0 Å². The molecule has 0 unspecified atom stereocenters. The maximum atomic E-state index is 5.97. The molecule has 0 aliphatic rings. The maximum Gasteiger partial charge on any atom is 0.0662 e. The summed E-state index contributed by atoms with van der Waals surface area (Å²) in [5, 5.41) is 2.61. The van der Waals surface area contributed by atoms with Crippen molar-refractivity contribution in [3.8, 4) is 0 Å². The number of hydrogen-bond donors (Lipinski definition) is 0. The van der Waals surface area contributed by atoms with Crippen LogP contribution in [0.3, 0.4) is 0 Å². The lowest BCUT2D eigenvalue weighted by Gasteiger charge is -2.05. The highest BCUT2D eigenvalue weighted by molar-refractivity contribution is 6.31. The fourth-order valence-electron chi connectivity index (χ4n) is 2.01. The van der Waals surface area contributed by atoms with Gasteiger partial charge in [-0.25, -0.2) is 0 Å². The van der Waals surface area contributed by atoms with Crippen LogP contribution in [0.15, 0.2) is 48.5 Å². The van der Waals surface area contributed by atoms with E-state index in [2.05, 4.69) is 10.8 Å². The molecule has 1 aromatic heterocycles. The average molecular weight is 275 g/mol. The van der Waals surface area contributed by atoms with Crippen LogP contribution in [0, 0.1) is 6.20 Å². The molecule has 0 saturated heterocycles. The minimum atomic E-state index is 0.750. The molecule has 3 rings (SSSR count). The van der Waals surface area contributed by atoms with Gasteiger partial charge in [0, 0.05) is 27.5 Å². The highest BCUT2D eigenvalue weighted by atomic mass is 35.5. The van der Waals surface area contributed by atoms with E-state index in [9.17, 15) is 0 Å². The summed E-state index contributed by atoms with van der Waals surface area (Å²) in [7, 11) is 0. The van der Waals surface area contributed by atoms with E-state index >= 15 is 0 Å². The Balaban J connectivity index is 1.97. The Hall–Kier alpha value is -1.44. The molecule has 18 heavy (non-hydrogen) atoms. The maximum absolute atomic E-state index is 5.97. The van der Waals surface area contributed by atoms with Gasteiger partial charge in [-0.3, -0.25) is 0 Å². The molecule has 3 heteroatoms. The van der Waals surface area contributed by atoms with E-state index in [1.165, 1.54) is 5.56 Å². The number of halogens is 2. The standard InChI is InChI=1S/C15H10Cl2N/c16-13-3-1-11(2-4-13)10-18-8-7-12-9-14(17)5-6-15(12)18/h1-7,9H,10H2. The molecule has 0 saturated carbocycles.